The van der Waals surface area contributed by atoms with Crippen LogP contribution < -0.4 is 11.5 Å². The number of nitrogen functional groups attached to an aromatic ring is 1. The van der Waals surface area contributed by atoms with Gasteiger partial charge >= 0.3 is 6.18 Å². The first-order valence-corrected chi connectivity index (χ1v) is 10.7. The molecule has 1 amide bonds. The third-order valence-electron chi connectivity index (χ3n) is 5.73. The monoisotopic (exact) mass is 513 g/mol. The van der Waals surface area contributed by atoms with E-state index in [1.165, 1.54) is 4.68 Å². The molecule has 0 saturated carbocycles. The van der Waals surface area contributed by atoms with Crippen molar-refractivity contribution in [2.45, 2.75) is 58.2 Å². The molecule has 0 atom stereocenters. The zero-order valence-corrected chi connectivity index (χ0v) is 19.8. The van der Waals surface area contributed by atoms with Gasteiger partial charge in [-0.05, 0) is 39.8 Å². The van der Waals surface area contributed by atoms with Crippen molar-refractivity contribution in [3.63, 3.8) is 0 Å². The molecule has 0 aliphatic carbocycles. The Balaban J connectivity index is 1.86. The van der Waals surface area contributed by atoms with Crippen LogP contribution in [0.3, 0.4) is 0 Å². The lowest BCUT2D eigenvalue weighted by atomic mass is 9.89. The van der Waals surface area contributed by atoms with Crippen LogP contribution in [-0.4, -0.2) is 32.8 Å². The Hall–Kier alpha value is -3.77. The maximum atomic E-state index is 14.9. The van der Waals surface area contributed by atoms with Crippen LogP contribution >= 0.6 is 0 Å². The number of rotatable bonds is 8. The van der Waals surface area contributed by atoms with Gasteiger partial charge in [0.1, 0.15) is 39.9 Å². The molecule has 0 aliphatic heterocycles. The summed E-state index contributed by atoms with van der Waals surface area (Å²) in [4.78, 5) is 24.3. The largest absolute Gasteiger partial charge is 0.401 e. The zero-order chi connectivity index (χ0) is 27.2. The first-order valence-electron chi connectivity index (χ1n) is 10.7. The standard InChI is InChI=1S/C23H24F5N5O3/c1-10(2)33-20(29)18(21(30)35)19(31-33)11-5-15(24)14(16(25)6-11)9-13(34)7-12-8-17(36-32-12)22(3,4)23(26,27)28/h5-6,8,10H,7,9,29H2,1-4H3,(H2,30,35). The van der Waals surface area contributed by atoms with Crippen LogP contribution in [0.4, 0.5) is 27.8 Å². The van der Waals surface area contributed by atoms with E-state index in [0.29, 0.717) is 0 Å². The van der Waals surface area contributed by atoms with Gasteiger partial charge in [0.05, 0.1) is 12.1 Å². The zero-order valence-electron chi connectivity index (χ0n) is 19.8. The summed E-state index contributed by atoms with van der Waals surface area (Å²) in [5.41, 5.74) is 7.87. The highest BCUT2D eigenvalue weighted by atomic mass is 19.4. The number of anilines is 1. The fraction of sp³-hybridized carbons (Fsp3) is 0.391. The van der Waals surface area contributed by atoms with Crippen molar-refractivity contribution in [2.24, 2.45) is 5.73 Å². The smallest absolute Gasteiger partial charge is 0.383 e. The molecule has 194 valence electrons. The first-order chi connectivity index (χ1) is 16.5. The molecular formula is C23H24F5N5O3. The second-order valence-corrected chi connectivity index (χ2v) is 9.13. The van der Waals surface area contributed by atoms with Crippen molar-refractivity contribution in [2.75, 3.05) is 5.73 Å². The summed E-state index contributed by atoms with van der Waals surface area (Å²) in [6.07, 6.45) is -5.82. The van der Waals surface area contributed by atoms with Crippen molar-refractivity contribution in [1.29, 1.82) is 0 Å². The Morgan fingerprint density at radius 2 is 1.67 bits per heavy atom. The number of nitrogens with zero attached hydrogens (tertiary/aromatic N) is 3. The molecule has 0 unspecified atom stereocenters. The van der Waals surface area contributed by atoms with Crippen molar-refractivity contribution >= 4 is 17.5 Å². The molecule has 2 heterocycles. The number of hydrogen-bond donors (Lipinski definition) is 2. The number of halogens is 5. The fourth-order valence-electron chi connectivity index (χ4n) is 3.49. The second-order valence-electron chi connectivity index (χ2n) is 9.13. The van der Waals surface area contributed by atoms with E-state index in [1.807, 2.05) is 0 Å². The van der Waals surface area contributed by atoms with Crippen molar-refractivity contribution in [3.05, 3.63) is 52.4 Å². The molecule has 0 radical (unpaired) electrons. The molecule has 13 heteroatoms. The Morgan fingerprint density at radius 1 is 1.08 bits per heavy atom. The molecule has 3 rings (SSSR count). The Morgan fingerprint density at radius 3 is 2.17 bits per heavy atom. The third kappa shape index (κ3) is 4.95. The van der Waals surface area contributed by atoms with Gasteiger partial charge in [0, 0.05) is 29.7 Å². The van der Waals surface area contributed by atoms with E-state index in [0.717, 1.165) is 32.0 Å². The molecule has 0 fully saturated rings. The Bertz CT molecular complexity index is 1300. The number of aromatic nitrogens is 3. The molecule has 0 aliphatic rings. The molecule has 2 aromatic heterocycles. The van der Waals surface area contributed by atoms with Crippen LogP contribution in [0, 0.1) is 11.6 Å². The number of ketones is 1. The minimum absolute atomic E-state index is 0.0618. The summed E-state index contributed by atoms with van der Waals surface area (Å²) in [5, 5.41) is 7.64. The van der Waals surface area contributed by atoms with E-state index in [1.54, 1.807) is 13.8 Å². The number of primary amides is 1. The van der Waals surface area contributed by atoms with Crippen molar-refractivity contribution < 1.29 is 36.1 Å². The third-order valence-corrected chi connectivity index (χ3v) is 5.73. The van der Waals surface area contributed by atoms with Gasteiger partial charge in [-0.1, -0.05) is 5.16 Å². The van der Waals surface area contributed by atoms with Crippen LogP contribution in [0.15, 0.2) is 22.7 Å². The summed E-state index contributed by atoms with van der Waals surface area (Å²) in [6.45, 7) is 5.26. The molecule has 0 spiro atoms. The van der Waals surface area contributed by atoms with Gasteiger partial charge in [-0.2, -0.15) is 18.3 Å². The molecule has 0 saturated heterocycles. The number of benzene rings is 1. The summed E-state index contributed by atoms with van der Waals surface area (Å²) in [7, 11) is 0. The Labute approximate surface area is 202 Å². The fourth-order valence-corrected chi connectivity index (χ4v) is 3.49. The first kappa shape index (κ1) is 26.8. The SMILES string of the molecule is CC(C)n1nc(-c2cc(F)c(CC(=O)Cc3cc(C(C)(C)C(F)(F)F)on3)c(F)c2)c(C(N)=O)c1N. The molecule has 1 aromatic carbocycles. The predicted octanol–water partition coefficient (Wildman–Crippen LogP) is 4.27. The van der Waals surface area contributed by atoms with E-state index < -0.39 is 59.1 Å². The van der Waals surface area contributed by atoms with E-state index in [2.05, 4.69) is 10.3 Å². The van der Waals surface area contributed by atoms with Gasteiger partial charge < -0.3 is 16.0 Å². The molecule has 4 N–H and O–H groups in total. The lowest BCUT2D eigenvalue weighted by Gasteiger charge is -2.24. The van der Waals surface area contributed by atoms with Gasteiger partial charge in [0.15, 0.2) is 5.76 Å². The molecular weight excluding hydrogens is 489 g/mol. The summed E-state index contributed by atoms with van der Waals surface area (Å²) in [6, 6.07) is 2.50. The topological polar surface area (TPSA) is 130 Å². The van der Waals surface area contributed by atoms with Gasteiger partial charge in [0.25, 0.3) is 5.91 Å². The van der Waals surface area contributed by atoms with E-state index in [-0.39, 0.29) is 34.4 Å². The number of alkyl halides is 3. The second kappa shape index (κ2) is 9.36. The molecule has 3 aromatic rings. The highest BCUT2D eigenvalue weighted by Crippen LogP contribution is 2.40. The van der Waals surface area contributed by atoms with Crippen molar-refractivity contribution in [3.8, 4) is 11.3 Å². The Kier molecular flexibility index (Phi) is 6.97. The number of hydrogen-bond acceptors (Lipinski definition) is 6. The minimum atomic E-state index is -4.62. The van der Waals surface area contributed by atoms with E-state index in [9.17, 15) is 31.5 Å². The van der Waals surface area contributed by atoms with Crippen LogP contribution in [0.25, 0.3) is 11.3 Å². The molecule has 8 nitrogen and oxygen atoms in total. The molecule has 36 heavy (non-hydrogen) atoms. The average molecular weight is 513 g/mol. The van der Waals surface area contributed by atoms with E-state index >= 15 is 0 Å². The quantitative estimate of drug-likeness (QED) is 0.433. The average Bonchev–Trinajstić information content (AvgIpc) is 3.34. The number of carbonyl (C=O) groups excluding carboxylic acids is 2. The highest BCUT2D eigenvalue weighted by molar-refractivity contribution is 6.03. The van der Waals surface area contributed by atoms with Gasteiger partial charge in [-0.25, -0.2) is 13.5 Å². The lowest BCUT2D eigenvalue weighted by molar-refractivity contribution is -0.185. The maximum absolute atomic E-state index is 14.9. The minimum Gasteiger partial charge on any atom is -0.383 e. The van der Waals surface area contributed by atoms with Crippen molar-refractivity contribution in [1.82, 2.24) is 14.9 Å². The number of Topliss-reactive ketones (excluding diaryl/α,β-unsaturated/α-hetero) is 1. The van der Waals surface area contributed by atoms with E-state index in [4.69, 9.17) is 16.0 Å². The number of carbonyl (C=O) groups is 2. The highest BCUT2D eigenvalue weighted by Gasteiger charge is 2.51. The summed E-state index contributed by atoms with van der Waals surface area (Å²) < 4.78 is 75.3. The normalized spacial score (nSPS) is 12.4. The summed E-state index contributed by atoms with van der Waals surface area (Å²) in [5.74, 6) is -4.39. The summed E-state index contributed by atoms with van der Waals surface area (Å²) >= 11 is 0. The lowest BCUT2D eigenvalue weighted by Crippen LogP contribution is -2.35. The predicted molar refractivity (Wildman–Crippen MR) is 119 cm³/mol. The maximum Gasteiger partial charge on any atom is 0.401 e. The number of nitrogens with two attached hydrogens (primary N) is 2. The van der Waals surface area contributed by atoms with Crippen LogP contribution in [0.1, 0.15) is 61.1 Å². The number of amides is 1. The molecule has 0 bridgehead atoms. The van der Waals surface area contributed by atoms with Crippen LogP contribution in [0.2, 0.25) is 0 Å². The van der Waals surface area contributed by atoms with Gasteiger partial charge in [-0.15, -0.1) is 0 Å². The van der Waals surface area contributed by atoms with Gasteiger partial charge in [0.2, 0.25) is 0 Å². The van der Waals surface area contributed by atoms with Gasteiger partial charge in [-0.3, -0.25) is 9.59 Å². The van der Waals surface area contributed by atoms with Crippen LogP contribution in [-0.2, 0) is 23.1 Å². The van der Waals surface area contributed by atoms with Crippen LogP contribution in [0.5, 0.6) is 0 Å².